The molecule has 0 aliphatic carbocycles. The van der Waals surface area contributed by atoms with Gasteiger partial charge in [0.1, 0.15) is 5.82 Å². The van der Waals surface area contributed by atoms with Crippen molar-refractivity contribution in [2.24, 2.45) is 5.73 Å². The van der Waals surface area contributed by atoms with Crippen LogP contribution in [0.15, 0.2) is 12.3 Å². The van der Waals surface area contributed by atoms with Gasteiger partial charge in [0.2, 0.25) is 0 Å². The Hall–Kier alpha value is -1.66. The van der Waals surface area contributed by atoms with Gasteiger partial charge in [0, 0.05) is 45.5 Å². The van der Waals surface area contributed by atoms with Crippen LogP contribution in [-0.4, -0.2) is 55.1 Å². The molecule has 104 valence electrons. The van der Waals surface area contributed by atoms with E-state index in [4.69, 9.17) is 5.73 Å². The number of aryl methyl sites for hydroxylation is 1. The Morgan fingerprint density at radius 1 is 1.53 bits per heavy atom. The number of nitrogens with two attached hydrogens (primary N) is 1. The third kappa shape index (κ3) is 3.65. The zero-order chi connectivity index (χ0) is 13.7. The summed E-state index contributed by atoms with van der Waals surface area (Å²) in [7, 11) is 0. The van der Waals surface area contributed by atoms with Gasteiger partial charge in [0.05, 0.1) is 5.56 Å². The van der Waals surface area contributed by atoms with E-state index in [-0.39, 0.29) is 0 Å². The SMILES string of the molecule is Cc1ccnc(NCCN2CCNCC2)c1C(N)=O. The largest absolute Gasteiger partial charge is 0.368 e. The van der Waals surface area contributed by atoms with Crippen molar-refractivity contribution in [3.8, 4) is 0 Å². The summed E-state index contributed by atoms with van der Waals surface area (Å²) in [6.45, 7) is 7.76. The highest BCUT2D eigenvalue weighted by Gasteiger charge is 2.13. The molecule has 6 nitrogen and oxygen atoms in total. The first-order valence-electron chi connectivity index (χ1n) is 6.61. The quantitative estimate of drug-likeness (QED) is 0.685. The molecule has 1 saturated heterocycles. The van der Waals surface area contributed by atoms with E-state index in [1.165, 1.54) is 0 Å². The minimum atomic E-state index is -0.435. The van der Waals surface area contributed by atoms with Crippen molar-refractivity contribution in [3.63, 3.8) is 0 Å². The molecule has 0 spiro atoms. The fraction of sp³-hybridized carbons (Fsp3) is 0.538. The molecule has 0 unspecified atom stereocenters. The maximum Gasteiger partial charge on any atom is 0.252 e. The number of carbonyl (C=O) groups is 1. The van der Waals surface area contributed by atoms with Crippen molar-refractivity contribution in [1.29, 1.82) is 0 Å². The molecule has 1 aliphatic heterocycles. The number of hydrogen-bond donors (Lipinski definition) is 3. The molecule has 4 N–H and O–H groups in total. The number of amides is 1. The number of hydrogen-bond acceptors (Lipinski definition) is 5. The van der Waals surface area contributed by atoms with Gasteiger partial charge in [-0.1, -0.05) is 0 Å². The Labute approximate surface area is 113 Å². The number of pyridine rings is 1. The van der Waals surface area contributed by atoms with Crippen LogP contribution in [0.1, 0.15) is 15.9 Å². The zero-order valence-corrected chi connectivity index (χ0v) is 11.3. The van der Waals surface area contributed by atoms with Gasteiger partial charge in [-0.3, -0.25) is 9.69 Å². The number of nitrogens with one attached hydrogen (secondary N) is 2. The summed E-state index contributed by atoms with van der Waals surface area (Å²) in [6.07, 6.45) is 1.69. The molecule has 0 bridgehead atoms. The van der Waals surface area contributed by atoms with Crippen LogP contribution in [0.5, 0.6) is 0 Å². The van der Waals surface area contributed by atoms with Crippen LogP contribution in [0.25, 0.3) is 0 Å². The van der Waals surface area contributed by atoms with E-state index < -0.39 is 5.91 Å². The average molecular weight is 263 g/mol. The summed E-state index contributed by atoms with van der Waals surface area (Å²) in [5, 5.41) is 6.53. The molecule has 0 radical (unpaired) electrons. The van der Waals surface area contributed by atoms with Crippen LogP contribution in [-0.2, 0) is 0 Å². The number of carbonyl (C=O) groups excluding carboxylic acids is 1. The molecule has 0 aromatic carbocycles. The number of piperazine rings is 1. The van der Waals surface area contributed by atoms with E-state index >= 15 is 0 Å². The predicted molar refractivity (Wildman–Crippen MR) is 75.3 cm³/mol. The van der Waals surface area contributed by atoms with E-state index in [0.29, 0.717) is 11.4 Å². The second kappa shape index (κ2) is 6.49. The molecule has 1 aliphatic rings. The number of anilines is 1. The van der Waals surface area contributed by atoms with Crippen LogP contribution >= 0.6 is 0 Å². The molecule has 1 amide bonds. The van der Waals surface area contributed by atoms with Gasteiger partial charge >= 0.3 is 0 Å². The Kier molecular flexibility index (Phi) is 4.70. The van der Waals surface area contributed by atoms with Gasteiger partial charge < -0.3 is 16.4 Å². The van der Waals surface area contributed by atoms with E-state index in [9.17, 15) is 4.79 Å². The lowest BCUT2D eigenvalue weighted by atomic mass is 10.1. The summed E-state index contributed by atoms with van der Waals surface area (Å²) in [5.41, 5.74) is 6.73. The number of nitrogens with zero attached hydrogens (tertiary/aromatic N) is 2. The molecular weight excluding hydrogens is 242 g/mol. The molecule has 0 saturated carbocycles. The minimum absolute atomic E-state index is 0.435. The normalized spacial score (nSPS) is 16.3. The highest BCUT2D eigenvalue weighted by atomic mass is 16.1. The van der Waals surface area contributed by atoms with Gasteiger partial charge in [-0.15, -0.1) is 0 Å². The van der Waals surface area contributed by atoms with Crippen molar-refractivity contribution >= 4 is 11.7 Å². The Bertz CT molecular complexity index is 443. The first kappa shape index (κ1) is 13.8. The van der Waals surface area contributed by atoms with E-state index in [2.05, 4.69) is 20.5 Å². The highest BCUT2D eigenvalue weighted by Crippen LogP contribution is 2.15. The van der Waals surface area contributed by atoms with Crippen molar-refractivity contribution < 1.29 is 4.79 Å². The number of rotatable bonds is 5. The Balaban J connectivity index is 1.92. The monoisotopic (exact) mass is 263 g/mol. The molecule has 19 heavy (non-hydrogen) atoms. The summed E-state index contributed by atoms with van der Waals surface area (Å²) < 4.78 is 0. The second-order valence-corrected chi connectivity index (χ2v) is 4.73. The second-order valence-electron chi connectivity index (χ2n) is 4.73. The minimum Gasteiger partial charge on any atom is -0.368 e. The lowest BCUT2D eigenvalue weighted by Gasteiger charge is -2.27. The van der Waals surface area contributed by atoms with Gasteiger partial charge in [0.25, 0.3) is 5.91 Å². The lowest BCUT2D eigenvalue weighted by Crippen LogP contribution is -2.45. The third-order valence-electron chi connectivity index (χ3n) is 3.34. The zero-order valence-electron chi connectivity index (χ0n) is 11.3. The van der Waals surface area contributed by atoms with E-state index in [0.717, 1.165) is 44.8 Å². The summed E-state index contributed by atoms with van der Waals surface area (Å²) >= 11 is 0. The van der Waals surface area contributed by atoms with Crippen molar-refractivity contribution in [3.05, 3.63) is 23.4 Å². The van der Waals surface area contributed by atoms with Gasteiger partial charge in [0.15, 0.2) is 0 Å². The average Bonchev–Trinajstić information content (AvgIpc) is 2.39. The molecule has 1 fully saturated rings. The van der Waals surface area contributed by atoms with Gasteiger partial charge in [-0.25, -0.2) is 4.98 Å². The van der Waals surface area contributed by atoms with Crippen molar-refractivity contribution in [2.45, 2.75) is 6.92 Å². The van der Waals surface area contributed by atoms with E-state index in [1.807, 2.05) is 6.92 Å². The Morgan fingerprint density at radius 3 is 2.95 bits per heavy atom. The first-order chi connectivity index (χ1) is 9.18. The van der Waals surface area contributed by atoms with Crippen LogP contribution in [0.3, 0.4) is 0 Å². The fourth-order valence-electron chi connectivity index (χ4n) is 2.27. The highest BCUT2D eigenvalue weighted by molar-refractivity contribution is 5.98. The molecular formula is C13H21N5O. The van der Waals surface area contributed by atoms with Crippen LogP contribution in [0, 0.1) is 6.92 Å². The smallest absolute Gasteiger partial charge is 0.252 e. The van der Waals surface area contributed by atoms with Crippen LogP contribution in [0.2, 0.25) is 0 Å². The maximum absolute atomic E-state index is 11.4. The first-order valence-corrected chi connectivity index (χ1v) is 6.61. The van der Waals surface area contributed by atoms with Crippen LogP contribution in [0.4, 0.5) is 5.82 Å². The molecule has 2 heterocycles. The standard InChI is InChI=1S/C13H21N5O/c1-10-2-3-16-13(11(10)12(14)19)17-6-9-18-7-4-15-5-8-18/h2-3,15H,4-9H2,1H3,(H2,14,19)(H,16,17). The van der Waals surface area contributed by atoms with Crippen molar-refractivity contribution in [1.82, 2.24) is 15.2 Å². The summed E-state index contributed by atoms with van der Waals surface area (Å²) in [6, 6.07) is 1.79. The number of aromatic nitrogens is 1. The molecule has 6 heteroatoms. The van der Waals surface area contributed by atoms with Gasteiger partial charge in [-0.05, 0) is 18.6 Å². The van der Waals surface area contributed by atoms with Gasteiger partial charge in [-0.2, -0.15) is 0 Å². The summed E-state index contributed by atoms with van der Waals surface area (Å²) in [5.74, 6) is 0.151. The third-order valence-corrected chi connectivity index (χ3v) is 3.34. The molecule has 0 atom stereocenters. The topological polar surface area (TPSA) is 83.3 Å². The molecule has 1 aromatic heterocycles. The van der Waals surface area contributed by atoms with E-state index in [1.54, 1.807) is 12.3 Å². The fourth-order valence-corrected chi connectivity index (χ4v) is 2.27. The Morgan fingerprint density at radius 2 is 2.26 bits per heavy atom. The molecule has 1 aromatic rings. The van der Waals surface area contributed by atoms with Crippen LogP contribution < -0.4 is 16.4 Å². The number of primary amides is 1. The maximum atomic E-state index is 11.4. The molecule has 2 rings (SSSR count). The predicted octanol–water partition coefficient (Wildman–Crippen LogP) is -0.194. The van der Waals surface area contributed by atoms with Crippen molar-refractivity contribution in [2.75, 3.05) is 44.6 Å². The lowest BCUT2D eigenvalue weighted by molar-refractivity contribution is 0.1000. The summed E-state index contributed by atoms with van der Waals surface area (Å²) in [4.78, 5) is 18.0.